The van der Waals surface area contributed by atoms with E-state index < -0.39 is 0 Å². The van der Waals surface area contributed by atoms with Crippen LogP contribution in [0.1, 0.15) is 43.7 Å². The summed E-state index contributed by atoms with van der Waals surface area (Å²) in [6.45, 7) is 5.41. The Morgan fingerprint density at radius 2 is 2.14 bits per heavy atom. The number of hydrogen-bond donors (Lipinski definition) is 1. The Kier molecular flexibility index (Phi) is 5.20. The second-order valence-corrected chi connectivity index (χ2v) is 5.50. The number of amides is 1. The number of benzene rings is 1. The third-order valence-electron chi connectivity index (χ3n) is 3.75. The molecule has 1 atom stereocenters. The van der Waals surface area contributed by atoms with Crippen LogP contribution in [0.4, 0.5) is 4.79 Å². The Hall–Kier alpha value is -2.04. The molecule has 1 aromatic carbocycles. The first-order valence-electron chi connectivity index (χ1n) is 7.37. The standard InChI is InChI=1S/C16H22N2O3/c1-3-4-12(2)21-16(19)18-10-15(11-18)14-7-5-13(6-8-14)9-17-20/h5-9,12,15,20H,3-4,10-11H2,1-2H3/b17-9+. The van der Waals surface area contributed by atoms with Gasteiger partial charge in [0.2, 0.25) is 0 Å². The van der Waals surface area contributed by atoms with Crippen molar-refractivity contribution in [3.05, 3.63) is 35.4 Å². The first kappa shape index (κ1) is 15.4. The highest BCUT2D eigenvalue weighted by Crippen LogP contribution is 2.27. The van der Waals surface area contributed by atoms with Crippen LogP contribution in [0.5, 0.6) is 0 Å². The van der Waals surface area contributed by atoms with E-state index in [1.54, 1.807) is 4.90 Å². The van der Waals surface area contributed by atoms with Gasteiger partial charge in [-0.3, -0.25) is 0 Å². The monoisotopic (exact) mass is 290 g/mol. The Balaban J connectivity index is 1.81. The zero-order valence-electron chi connectivity index (χ0n) is 12.5. The first-order chi connectivity index (χ1) is 10.1. The van der Waals surface area contributed by atoms with E-state index in [1.165, 1.54) is 11.8 Å². The molecule has 1 unspecified atom stereocenters. The highest BCUT2D eigenvalue weighted by Gasteiger charge is 2.33. The minimum Gasteiger partial charge on any atom is -0.446 e. The summed E-state index contributed by atoms with van der Waals surface area (Å²) in [6.07, 6.45) is 3.08. The van der Waals surface area contributed by atoms with Gasteiger partial charge in [0.25, 0.3) is 0 Å². The summed E-state index contributed by atoms with van der Waals surface area (Å²) in [4.78, 5) is 13.6. The lowest BCUT2D eigenvalue weighted by atomic mass is 9.91. The zero-order chi connectivity index (χ0) is 15.2. The highest BCUT2D eigenvalue weighted by atomic mass is 16.6. The van der Waals surface area contributed by atoms with E-state index in [0.29, 0.717) is 19.0 Å². The molecule has 1 aliphatic rings. The zero-order valence-corrected chi connectivity index (χ0v) is 12.5. The van der Waals surface area contributed by atoms with Crippen molar-refractivity contribution in [1.82, 2.24) is 4.90 Å². The first-order valence-corrected chi connectivity index (χ1v) is 7.37. The normalized spacial score (nSPS) is 16.8. The van der Waals surface area contributed by atoms with Crippen molar-refractivity contribution in [3.63, 3.8) is 0 Å². The Morgan fingerprint density at radius 1 is 1.48 bits per heavy atom. The molecule has 21 heavy (non-hydrogen) atoms. The molecule has 114 valence electrons. The largest absolute Gasteiger partial charge is 0.446 e. The van der Waals surface area contributed by atoms with Crippen LogP contribution in [0.15, 0.2) is 29.4 Å². The Morgan fingerprint density at radius 3 is 2.71 bits per heavy atom. The van der Waals surface area contributed by atoms with Gasteiger partial charge in [-0.25, -0.2) is 4.79 Å². The number of hydrogen-bond acceptors (Lipinski definition) is 4. The lowest BCUT2D eigenvalue weighted by Gasteiger charge is -2.39. The molecule has 0 radical (unpaired) electrons. The molecule has 0 bridgehead atoms. The average molecular weight is 290 g/mol. The minimum atomic E-state index is -0.212. The number of nitrogens with zero attached hydrogens (tertiary/aromatic N) is 2. The van der Waals surface area contributed by atoms with Crippen LogP contribution in [0.25, 0.3) is 0 Å². The predicted molar refractivity (Wildman–Crippen MR) is 81.0 cm³/mol. The maximum absolute atomic E-state index is 11.9. The summed E-state index contributed by atoms with van der Waals surface area (Å²) in [5.41, 5.74) is 2.04. The van der Waals surface area contributed by atoms with Crippen LogP contribution in [0.3, 0.4) is 0 Å². The van der Waals surface area contributed by atoms with E-state index in [1.807, 2.05) is 31.2 Å². The van der Waals surface area contributed by atoms with Crippen molar-refractivity contribution in [2.24, 2.45) is 5.16 Å². The van der Waals surface area contributed by atoms with Crippen LogP contribution in [0, 0.1) is 0 Å². The van der Waals surface area contributed by atoms with Crippen LogP contribution in [-0.2, 0) is 4.74 Å². The molecular weight excluding hydrogens is 268 g/mol. The summed E-state index contributed by atoms with van der Waals surface area (Å²) in [5.74, 6) is 0.360. The molecule has 5 heteroatoms. The summed E-state index contributed by atoms with van der Waals surface area (Å²) in [7, 11) is 0. The third kappa shape index (κ3) is 3.97. The van der Waals surface area contributed by atoms with E-state index in [9.17, 15) is 4.79 Å². The second-order valence-electron chi connectivity index (χ2n) is 5.50. The number of carbonyl (C=O) groups excluding carboxylic acids is 1. The van der Waals surface area contributed by atoms with Crippen molar-refractivity contribution < 1.29 is 14.7 Å². The maximum atomic E-state index is 11.9. The second kappa shape index (κ2) is 7.11. The SMILES string of the molecule is CCCC(C)OC(=O)N1CC(c2ccc(/C=N/O)cc2)C1. The fourth-order valence-corrected chi connectivity index (χ4v) is 2.47. The smallest absolute Gasteiger partial charge is 0.410 e. The maximum Gasteiger partial charge on any atom is 0.410 e. The van der Waals surface area contributed by atoms with Gasteiger partial charge in [0.05, 0.1) is 6.21 Å². The van der Waals surface area contributed by atoms with E-state index in [4.69, 9.17) is 9.94 Å². The molecule has 0 saturated carbocycles. The van der Waals surface area contributed by atoms with E-state index in [0.717, 1.165) is 18.4 Å². The molecule has 0 aliphatic carbocycles. The van der Waals surface area contributed by atoms with Gasteiger partial charge < -0.3 is 14.8 Å². The van der Waals surface area contributed by atoms with Gasteiger partial charge in [-0.1, -0.05) is 42.8 Å². The van der Waals surface area contributed by atoms with Gasteiger partial charge in [0.1, 0.15) is 6.10 Å². The summed E-state index contributed by atoms with van der Waals surface area (Å²) in [5, 5.41) is 11.5. The summed E-state index contributed by atoms with van der Waals surface area (Å²) in [6, 6.07) is 7.81. The Bertz CT molecular complexity index is 493. The lowest BCUT2D eigenvalue weighted by molar-refractivity contribution is 0.0428. The third-order valence-corrected chi connectivity index (χ3v) is 3.75. The average Bonchev–Trinajstić information content (AvgIpc) is 2.39. The molecule has 1 heterocycles. The van der Waals surface area contributed by atoms with Crippen molar-refractivity contribution in [2.75, 3.05) is 13.1 Å². The van der Waals surface area contributed by atoms with E-state index >= 15 is 0 Å². The molecule has 1 aromatic rings. The molecule has 1 fully saturated rings. The highest BCUT2D eigenvalue weighted by molar-refractivity contribution is 5.79. The van der Waals surface area contributed by atoms with Crippen LogP contribution in [-0.4, -0.2) is 41.6 Å². The van der Waals surface area contributed by atoms with Gasteiger partial charge in [-0.2, -0.15) is 0 Å². The molecule has 1 amide bonds. The lowest BCUT2D eigenvalue weighted by Crippen LogP contribution is -2.49. The number of rotatable bonds is 5. The van der Waals surface area contributed by atoms with Crippen molar-refractivity contribution >= 4 is 12.3 Å². The topological polar surface area (TPSA) is 62.1 Å². The van der Waals surface area contributed by atoms with Crippen molar-refractivity contribution in [2.45, 2.75) is 38.7 Å². The number of oxime groups is 1. The van der Waals surface area contributed by atoms with Crippen LogP contribution in [0.2, 0.25) is 0 Å². The molecular formula is C16H22N2O3. The summed E-state index contributed by atoms with van der Waals surface area (Å²) >= 11 is 0. The van der Waals surface area contributed by atoms with Gasteiger partial charge in [-0.05, 0) is 24.5 Å². The van der Waals surface area contributed by atoms with Crippen LogP contribution < -0.4 is 0 Å². The quantitative estimate of drug-likeness (QED) is 0.514. The molecule has 1 saturated heterocycles. The summed E-state index contributed by atoms with van der Waals surface area (Å²) < 4.78 is 5.37. The Labute approximate surface area is 125 Å². The fourth-order valence-electron chi connectivity index (χ4n) is 2.47. The van der Waals surface area contributed by atoms with Crippen LogP contribution >= 0.6 is 0 Å². The number of ether oxygens (including phenoxy) is 1. The molecule has 0 spiro atoms. The van der Waals surface area contributed by atoms with Crippen molar-refractivity contribution in [3.8, 4) is 0 Å². The molecule has 2 rings (SSSR count). The van der Waals surface area contributed by atoms with Gasteiger partial charge in [0, 0.05) is 19.0 Å². The van der Waals surface area contributed by atoms with Gasteiger partial charge in [-0.15, -0.1) is 0 Å². The van der Waals surface area contributed by atoms with Crippen molar-refractivity contribution in [1.29, 1.82) is 0 Å². The predicted octanol–water partition coefficient (Wildman–Crippen LogP) is 3.22. The van der Waals surface area contributed by atoms with Gasteiger partial charge in [0.15, 0.2) is 0 Å². The number of carbonyl (C=O) groups is 1. The molecule has 1 aliphatic heterocycles. The van der Waals surface area contributed by atoms with Gasteiger partial charge >= 0.3 is 6.09 Å². The minimum absolute atomic E-state index is 0.0152. The molecule has 1 N–H and O–H groups in total. The van der Waals surface area contributed by atoms with E-state index in [2.05, 4.69) is 12.1 Å². The number of likely N-dealkylation sites (tertiary alicyclic amines) is 1. The van der Waals surface area contributed by atoms with E-state index in [-0.39, 0.29) is 12.2 Å². The molecule has 5 nitrogen and oxygen atoms in total. The molecule has 0 aromatic heterocycles. The fraction of sp³-hybridized carbons (Fsp3) is 0.500.